The number of amides is 2. The molecule has 12 heteroatoms. The van der Waals surface area contributed by atoms with Crippen LogP contribution in [0.1, 0.15) is 67.3 Å². The molecule has 9 nitrogen and oxygen atoms in total. The SMILES string of the molecule is C[C@@H](NC(=O)c1cc(N2CC3(CCOC3)C2)ncn1)c1ccc(-c2cc(C(F)(F)F)ccc2CNC(=O)OC(C)(C)C)cc1. The molecule has 0 unspecified atom stereocenters. The Morgan fingerprint density at radius 3 is 2.43 bits per heavy atom. The van der Waals surface area contributed by atoms with Gasteiger partial charge in [-0.3, -0.25) is 4.79 Å². The molecule has 2 amide bonds. The molecular formula is C32H36F3N5O4. The lowest BCUT2D eigenvalue weighted by Gasteiger charge is -2.47. The minimum absolute atomic E-state index is 0.0241. The molecular weight excluding hydrogens is 575 g/mol. The Morgan fingerprint density at radius 2 is 1.80 bits per heavy atom. The van der Waals surface area contributed by atoms with Gasteiger partial charge in [0.05, 0.1) is 18.2 Å². The molecule has 1 atom stereocenters. The number of nitrogens with one attached hydrogen (secondary N) is 2. The van der Waals surface area contributed by atoms with Crippen LogP contribution in [0, 0.1) is 5.41 Å². The highest BCUT2D eigenvalue weighted by atomic mass is 19.4. The smallest absolute Gasteiger partial charge is 0.416 e. The number of benzene rings is 2. The summed E-state index contributed by atoms with van der Waals surface area (Å²) in [6, 6.07) is 11.6. The number of halogens is 3. The zero-order valence-corrected chi connectivity index (χ0v) is 25.1. The topological polar surface area (TPSA) is 106 Å². The van der Waals surface area contributed by atoms with Crippen molar-refractivity contribution in [2.24, 2.45) is 5.41 Å². The van der Waals surface area contributed by atoms with Gasteiger partial charge in [0.1, 0.15) is 23.4 Å². The third-order valence-electron chi connectivity index (χ3n) is 7.78. The lowest BCUT2D eigenvalue weighted by molar-refractivity contribution is -0.137. The van der Waals surface area contributed by atoms with Crippen LogP contribution in [0.4, 0.5) is 23.8 Å². The van der Waals surface area contributed by atoms with Crippen molar-refractivity contribution in [1.29, 1.82) is 0 Å². The van der Waals surface area contributed by atoms with E-state index in [2.05, 4.69) is 25.5 Å². The lowest BCUT2D eigenvalue weighted by atomic mass is 9.79. The molecule has 1 spiro atoms. The Balaban J connectivity index is 1.27. The predicted octanol–water partition coefficient (Wildman–Crippen LogP) is 5.90. The van der Waals surface area contributed by atoms with Crippen LogP contribution in [0.3, 0.4) is 0 Å². The normalized spacial score (nSPS) is 16.8. The summed E-state index contributed by atoms with van der Waals surface area (Å²) in [5, 5.41) is 5.55. The number of hydrogen-bond acceptors (Lipinski definition) is 7. The summed E-state index contributed by atoms with van der Waals surface area (Å²) in [5.74, 6) is 0.329. The van der Waals surface area contributed by atoms with E-state index in [4.69, 9.17) is 9.47 Å². The largest absolute Gasteiger partial charge is 0.444 e. The molecule has 2 saturated heterocycles. The van der Waals surface area contributed by atoms with E-state index in [1.165, 1.54) is 12.4 Å². The monoisotopic (exact) mass is 611 g/mol. The van der Waals surface area contributed by atoms with Crippen LogP contribution in [0.2, 0.25) is 0 Å². The van der Waals surface area contributed by atoms with Gasteiger partial charge in [-0.2, -0.15) is 13.2 Å². The molecule has 0 saturated carbocycles. The molecule has 5 rings (SSSR count). The summed E-state index contributed by atoms with van der Waals surface area (Å²) >= 11 is 0. The fourth-order valence-corrected chi connectivity index (χ4v) is 5.43. The van der Waals surface area contributed by atoms with Gasteiger partial charge < -0.3 is 25.0 Å². The van der Waals surface area contributed by atoms with Gasteiger partial charge in [0.15, 0.2) is 0 Å². The number of aromatic nitrogens is 2. The number of carbonyl (C=O) groups is 2. The maximum absolute atomic E-state index is 13.6. The zero-order valence-electron chi connectivity index (χ0n) is 25.1. The van der Waals surface area contributed by atoms with E-state index in [0.717, 1.165) is 50.4 Å². The maximum atomic E-state index is 13.6. The van der Waals surface area contributed by atoms with Crippen LogP contribution in [-0.2, 0) is 22.2 Å². The predicted molar refractivity (Wildman–Crippen MR) is 158 cm³/mol. The molecule has 2 aromatic carbocycles. The van der Waals surface area contributed by atoms with Crippen molar-refractivity contribution >= 4 is 17.8 Å². The lowest BCUT2D eigenvalue weighted by Crippen LogP contribution is -2.57. The van der Waals surface area contributed by atoms with Gasteiger partial charge in [-0.1, -0.05) is 30.3 Å². The van der Waals surface area contributed by atoms with E-state index in [1.807, 2.05) is 6.92 Å². The van der Waals surface area contributed by atoms with E-state index < -0.39 is 29.5 Å². The standard InChI is InChI=1S/C32H36F3N5O4/c1-20(39-28(41)26-14-27(38-19-37-26)40-16-31(17-40)11-12-43-18-31)21-5-7-22(8-6-21)25-13-24(32(33,34)35)10-9-23(25)15-36-29(42)44-30(2,3)4/h5-10,13-14,19-20H,11-12,15-18H2,1-4H3,(H,36,42)(H,39,41)/t20-/m1/s1. The number of nitrogens with zero attached hydrogens (tertiary/aromatic N) is 3. The highest BCUT2D eigenvalue weighted by Gasteiger charge is 2.46. The number of ether oxygens (including phenoxy) is 2. The van der Waals surface area contributed by atoms with E-state index in [1.54, 1.807) is 51.1 Å². The highest BCUT2D eigenvalue weighted by molar-refractivity contribution is 5.93. The molecule has 44 heavy (non-hydrogen) atoms. The highest BCUT2D eigenvalue weighted by Crippen LogP contribution is 2.40. The quantitative estimate of drug-likeness (QED) is 0.343. The second-order valence-corrected chi connectivity index (χ2v) is 12.5. The summed E-state index contributed by atoms with van der Waals surface area (Å²) < 4.78 is 51.5. The van der Waals surface area contributed by atoms with E-state index in [9.17, 15) is 22.8 Å². The van der Waals surface area contributed by atoms with Crippen molar-refractivity contribution in [3.8, 4) is 11.1 Å². The van der Waals surface area contributed by atoms with Crippen molar-refractivity contribution in [2.45, 2.75) is 58.5 Å². The fraction of sp³-hybridized carbons (Fsp3) is 0.438. The second kappa shape index (κ2) is 12.1. The first-order chi connectivity index (χ1) is 20.7. The van der Waals surface area contributed by atoms with Crippen molar-refractivity contribution in [3.05, 3.63) is 77.2 Å². The Labute approximate surface area is 254 Å². The minimum Gasteiger partial charge on any atom is -0.444 e. The molecule has 1 aromatic heterocycles. The molecule has 0 radical (unpaired) electrons. The molecule has 0 bridgehead atoms. The molecule has 3 aromatic rings. The first-order valence-electron chi connectivity index (χ1n) is 14.4. The van der Waals surface area contributed by atoms with Gasteiger partial charge in [0, 0.05) is 37.7 Å². The maximum Gasteiger partial charge on any atom is 0.416 e. The number of anilines is 1. The number of hydrogen-bond donors (Lipinski definition) is 2. The first kappa shape index (κ1) is 31.2. The van der Waals surface area contributed by atoms with Gasteiger partial charge in [-0.05, 0) is 68.5 Å². The summed E-state index contributed by atoms with van der Waals surface area (Å²) in [7, 11) is 0. The zero-order chi connectivity index (χ0) is 31.7. The van der Waals surface area contributed by atoms with Crippen molar-refractivity contribution in [3.63, 3.8) is 0 Å². The number of carbonyl (C=O) groups excluding carboxylic acids is 2. The van der Waals surface area contributed by atoms with E-state index in [-0.39, 0.29) is 23.6 Å². The number of rotatable bonds is 7. The number of alkyl carbamates (subject to hydrolysis) is 1. The van der Waals surface area contributed by atoms with Gasteiger partial charge in [-0.25, -0.2) is 14.8 Å². The van der Waals surface area contributed by atoms with Crippen molar-refractivity contribution in [2.75, 3.05) is 31.2 Å². The van der Waals surface area contributed by atoms with Crippen molar-refractivity contribution < 1.29 is 32.2 Å². The van der Waals surface area contributed by atoms with Gasteiger partial charge in [-0.15, -0.1) is 0 Å². The van der Waals surface area contributed by atoms with Crippen LogP contribution in [-0.4, -0.2) is 53.9 Å². The Bertz CT molecular complexity index is 1510. The molecule has 234 valence electrons. The molecule has 2 N–H and O–H groups in total. The Morgan fingerprint density at radius 1 is 1.07 bits per heavy atom. The van der Waals surface area contributed by atoms with Crippen molar-refractivity contribution in [1.82, 2.24) is 20.6 Å². The second-order valence-electron chi connectivity index (χ2n) is 12.5. The van der Waals surface area contributed by atoms with Gasteiger partial charge in [0.2, 0.25) is 0 Å². The van der Waals surface area contributed by atoms with Crippen LogP contribution >= 0.6 is 0 Å². The molecule has 0 aliphatic carbocycles. The summed E-state index contributed by atoms with van der Waals surface area (Å²) in [5.41, 5.74) is 1.00. The van der Waals surface area contributed by atoms with Crippen LogP contribution in [0.15, 0.2) is 54.9 Å². The minimum atomic E-state index is -4.53. The third-order valence-corrected chi connectivity index (χ3v) is 7.78. The Kier molecular flexibility index (Phi) is 8.57. The average Bonchev–Trinajstić information content (AvgIpc) is 3.45. The van der Waals surface area contributed by atoms with Gasteiger partial charge >= 0.3 is 12.3 Å². The van der Waals surface area contributed by atoms with Gasteiger partial charge in [0.25, 0.3) is 5.91 Å². The molecule has 2 aliphatic rings. The summed E-state index contributed by atoms with van der Waals surface area (Å²) in [4.78, 5) is 35.8. The summed E-state index contributed by atoms with van der Waals surface area (Å²) in [6.45, 7) is 10.1. The van der Waals surface area contributed by atoms with Crippen LogP contribution in [0.25, 0.3) is 11.1 Å². The number of alkyl halides is 3. The Hall–Kier alpha value is -4.19. The molecule has 2 fully saturated rings. The van der Waals surface area contributed by atoms with E-state index >= 15 is 0 Å². The van der Waals surface area contributed by atoms with Crippen LogP contribution in [0.5, 0.6) is 0 Å². The fourth-order valence-electron chi connectivity index (χ4n) is 5.43. The van der Waals surface area contributed by atoms with Crippen LogP contribution < -0.4 is 15.5 Å². The summed E-state index contributed by atoms with van der Waals surface area (Å²) in [6.07, 6.45) is -2.80. The third kappa shape index (κ3) is 7.29. The molecule has 2 aliphatic heterocycles. The van der Waals surface area contributed by atoms with E-state index in [0.29, 0.717) is 22.5 Å². The average molecular weight is 612 g/mol. The first-order valence-corrected chi connectivity index (χ1v) is 14.4. The molecule has 3 heterocycles.